The Morgan fingerprint density at radius 1 is 1.47 bits per heavy atom. The van der Waals surface area contributed by atoms with Crippen LogP contribution in [0.25, 0.3) is 0 Å². The molecule has 106 valence electrons. The average molecular weight is 261 g/mol. The molecule has 19 heavy (non-hydrogen) atoms. The van der Waals surface area contributed by atoms with Crippen LogP contribution >= 0.6 is 0 Å². The Hall–Kier alpha value is -1.27. The molecule has 0 atom stereocenters. The second-order valence-corrected chi connectivity index (χ2v) is 6.26. The summed E-state index contributed by atoms with van der Waals surface area (Å²) in [5.41, 5.74) is 1.22. The van der Waals surface area contributed by atoms with Gasteiger partial charge in [-0.1, -0.05) is 18.8 Å². The molecule has 1 heterocycles. The van der Waals surface area contributed by atoms with Crippen molar-refractivity contribution in [3.63, 3.8) is 0 Å². The molecule has 3 heteroatoms. The molecule has 0 saturated carbocycles. The molecule has 0 unspecified atom stereocenters. The van der Waals surface area contributed by atoms with Crippen molar-refractivity contribution in [1.82, 2.24) is 10.2 Å². The van der Waals surface area contributed by atoms with E-state index in [0.717, 1.165) is 19.5 Å². The van der Waals surface area contributed by atoms with Gasteiger partial charge in [-0.3, -0.25) is 4.99 Å². The fraction of sp³-hybridized carbons (Fsp3) is 0.688. The summed E-state index contributed by atoms with van der Waals surface area (Å²) in [6, 6.07) is 0. The van der Waals surface area contributed by atoms with E-state index < -0.39 is 0 Å². The van der Waals surface area contributed by atoms with Gasteiger partial charge in [0.25, 0.3) is 0 Å². The second-order valence-electron chi connectivity index (χ2n) is 6.26. The summed E-state index contributed by atoms with van der Waals surface area (Å²) in [5.74, 6) is 6.88. The molecule has 1 fully saturated rings. The van der Waals surface area contributed by atoms with Crippen LogP contribution in [0.1, 0.15) is 34.1 Å². The van der Waals surface area contributed by atoms with Crippen LogP contribution in [-0.2, 0) is 0 Å². The predicted octanol–water partition coefficient (Wildman–Crippen LogP) is 2.51. The zero-order valence-corrected chi connectivity index (χ0v) is 13.2. The molecule has 3 nitrogen and oxygen atoms in total. The largest absolute Gasteiger partial charge is 0.350 e. The monoisotopic (exact) mass is 261 g/mol. The van der Waals surface area contributed by atoms with Gasteiger partial charge in [0.2, 0.25) is 0 Å². The minimum Gasteiger partial charge on any atom is -0.350 e. The van der Waals surface area contributed by atoms with Crippen LogP contribution in [0.4, 0.5) is 0 Å². The lowest BCUT2D eigenvalue weighted by atomic mass is 9.81. The standard InChI is InChI=1S/C16H27N3/c1-7-14(18-13-17-5)10-15(2,3)8-9-16(4)11-19(6)12-16/h10,13H,7,11-12H2,1-6H3,(H,17,18)/b14-10+. The van der Waals surface area contributed by atoms with Gasteiger partial charge in [0, 0.05) is 31.2 Å². The Balaban J connectivity index is 2.74. The van der Waals surface area contributed by atoms with Gasteiger partial charge in [-0.2, -0.15) is 0 Å². The van der Waals surface area contributed by atoms with Crippen LogP contribution in [0.2, 0.25) is 0 Å². The minimum absolute atomic E-state index is 0.114. The van der Waals surface area contributed by atoms with E-state index in [4.69, 9.17) is 0 Å². The summed E-state index contributed by atoms with van der Waals surface area (Å²) < 4.78 is 0. The number of rotatable bonds is 4. The third-order valence-corrected chi connectivity index (χ3v) is 3.22. The van der Waals surface area contributed by atoms with Gasteiger partial charge in [0.15, 0.2) is 0 Å². The SMILES string of the molecule is CC/C(=C\C(C)(C)C#CC1(C)CN(C)C1)NC=NC. The van der Waals surface area contributed by atoms with E-state index in [0.29, 0.717) is 0 Å². The van der Waals surface area contributed by atoms with Crippen molar-refractivity contribution < 1.29 is 0 Å². The number of likely N-dealkylation sites (tertiary alicyclic amines) is 1. The molecule has 1 aliphatic rings. The van der Waals surface area contributed by atoms with Crippen molar-refractivity contribution in [3.05, 3.63) is 11.8 Å². The van der Waals surface area contributed by atoms with Crippen molar-refractivity contribution in [2.45, 2.75) is 34.1 Å². The normalized spacial score (nSPS) is 19.8. The van der Waals surface area contributed by atoms with E-state index in [1.807, 2.05) is 0 Å². The number of hydrogen-bond acceptors (Lipinski definition) is 2. The van der Waals surface area contributed by atoms with Crippen LogP contribution in [0, 0.1) is 22.7 Å². The lowest BCUT2D eigenvalue weighted by Gasteiger charge is -2.42. The van der Waals surface area contributed by atoms with Gasteiger partial charge in [0.1, 0.15) is 0 Å². The van der Waals surface area contributed by atoms with Crippen LogP contribution in [-0.4, -0.2) is 38.4 Å². The van der Waals surface area contributed by atoms with Crippen LogP contribution in [0.5, 0.6) is 0 Å². The Morgan fingerprint density at radius 2 is 2.11 bits per heavy atom. The molecular weight excluding hydrogens is 234 g/mol. The van der Waals surface area contributed by atoms with Gasteiger partial charge in [0.05, 0.1) is 11.8 Å². The van der Waals surface area contributed by atoms with Crippen molar-refractivity contribution in [3.8, 4) is 11.8 Å². The first-order valence-corrected chi connectivity index (χ1v) is 6.92. The molecule has 0 spiro atoms. The number of nitrogens with zero attached hydrogens (tertiary/aromatic N) is 2. The van der Waals surface area contributed by atoms with Crippen LogP contribution < -0.4 is 5.32 Å². The van der Waals surface area contributed by atoms with Gasteiger partial charge in [-0.05, 0) is 40.3 Å². The lowest BCUT2D eigenvalue weighted by Crippen LogP contribution is -2.51. The highest BCUT2D eigenvalue weighted by Crippen LogP contribution is 2.28. The molecule has 1 saturated heterocycles. The first-order chi connectivity index (χ1) is 8.80. The van der Waals surface area contributed by atoms with E-state index in [1.54, 1.807) is 13.4 Å². The van der Waals surface area contributed by atoms with Gasteiger partial charge in [-0.25, -0.2) is 0 Å². The van der Waals surface area contributed by atoms with Gasteiger partial charge in [-0.15, -0.1) is 0 Å². The lowest BCUT2D eigenvalue weighted by molar-refractivity contribution is 0.0914. The quantitative estimate of drug-likeness (QED) is 0.478. The summed E-state index contributed by atoms with van der Waals surface area (Å²) in [6.45, 7) is 10.8. The molecule has 1 N–H and O–H groups in total. The van der Waals surface area contributed by atoms with Crippen LogP contribution in [0.3, 0.4) is 0 Å². The van der Waals surface area contributed by atoms with Crippen molar-refractivity contribution in [1.29, 1.82) is 0 Å². The van der Waals surface area contributed by atoms with E-state index in [1.165, 1.54) is 5.70 Å². The molecule has 0 radical (unpaired) electrons. The summed E-state index contributed by atoms with van der Waals surface area (Å²) in [7, 11) is 3.90. The third-order valence-electron chi connectivity index (χ3n) is 3.22. The maximum Gasteiger partial charge on any atom is 0.0861 e. The first-order valence-electron chi connectivity index (χ1n) is 6.92. The number of hydrogen-bond donors (Lipinski definition) is 1. The molecule has 0 amide bonds. The molecule has 0 bridgehead atoms. The fourth-order valence-electron chi connectivity index (χ4n) is 2.40. The number of aliphatic imine (C=N–C) groups is 1. The highest BCUT2D eigenvalue weighted by atomic mass is 15.2. The highest BCUT2D eigenvalue weighted by molar-refractivity contribution is 5.57. The smallest absolute Gasteiger partial charge is 0.0861 e. The maximum atomic E-state index is 3.95. The summed E-state index contributed by atoms with van der Waals surface area (Å²) in [5, 5.41) is 3.20. The Bertz CT molecular complexity index is 415. The van der Waals surface area contributed by atoms with Gasteiger partial charge < -0.3 is 10.2 Å². The second kappa shape index (κ2) is 6.25. The molecule has 1 aliphatic heterocycles. The number of nitrogens with one attached hydrogen (secondary N) is 1. The molecule has 0 aromatic rings. The molecule has 0 aliphatic carbocycles. The molecular formula is C16H27N3. The van der Waals surface area contributed by atoms with E-state index in [-0.39, 0.29) is 10.8 Å². The summed E-state index contributed by atoms with van der Waals surface area (Å²) >= 11 is 0. The Morgan fingerprint density at radius 3 is 2.58 bits per heavy atom. The average Bonchev–Trinajstić information content (AvgIpc) is 2.30. The van der Waals surface area contributed by atoms with E-state index >= 15 is 0 Å². The van der Waals surface area contributed by atoms with E-state index in [9.17, 15) is 0 Å². The maximum absolute atomic E-state index is 3.95. The first kappa shape index (κ1) is 15.8. The van der Waals surface area contributed by atoms with Crippen molar-refractivity contribution in [2.75, 3.05) is 27.2 Å². The van der Waals surface area contributed by atoms with Crippen molar-refractivity contribution >= 4 is 6.34 Å². The summed E-state index contributed by atoms with van der Waals surface area (Å²) in [4.78, 5) is 6.25. The van der Waals surface area contributed by atoms with Crippen molar-refractivity contribution in [2.24, 2.45) is 15.8 Å². The zero-order valence-electron chi connectivity index (χ0n) is 13.2. The highest BCUT2D eigenvalue weighted by Gasteiger charge is 2.34. The zero-order chi connectivity index (χ0) is 14.5. The van der Waals surface area contributed by atoms with Crippen LogP contribution in [0.15, 0.2) is 16.8 Å². The molecule has 1 rings (SSSR count). The molecule has 0 aromatic carbocycles. The summed E-state index contributed by atoms with van der Waals surface area (Å²) in [6.07, 6.45) is 4.88. The predicted molar refractivity (Wildman–Crippen MR) is 83.1 cm³/mol. The topological polar surface area (TPSA) is 27.6 Å². The van der Waals surface area contributed by atoms with E-state index in [2.05, 4.69) is 67.9 Å². The Labute approximate surface area is 118 Å². The number of allylic oxidation sites excluding steroid dienone is 2. The minimum atomic E-state index is -0.114. The van der Waals surface area contributed by atoms with Gasteiger partial charge >= 0.3 is 0 Å². The molecule has 0 aromatic heterocycles. The third kappa shape index (κ3) is 5.08. The fourth-order valence-corrected chi connectivity index (χ4v) is 2.40. The Kier molecular flexibility index (Phi) is 5.20.